The highest BCUT2D eigenvalue weighted by atomic mass is 16.4. The molecule has 1 aromatic carbocycles. The Morgan fingerprint density at radius 1 is 1.12 bits per heavy atom. The minimum absolute atomic E-state index is 0.0354. The zero-order valence-electron chi connectivity index (χ0n) is 14.0. The van der Waals surface area contributed by atoms with Crippen LogP contribution in [0.5, 0.6) is 0 Å². The minimum Gasteiger partial charge on any atom is -0.478 e. The molecule has 0 spiro atoms. The summed E-state index contributed by atoms with van der Waals surface area (Å²) in [6, 6.07) is 13.7. The zero-order chi connectivity index (χ0) is 17.9. The third kappa shape index (κ3) is 3.07. The highest BCUT2D eigenvalue weighted by Crippen LogP contribution is 2.35. The van der Waals surface area contributed by atoms with Crippen molar-refractivity contribution in [1.29, 1.82) is 0 Å². The summed E-state index contributed by atoms with van der Waals surface area (Å²) in [5, 5.41) is 14.1. The van der Waals surface area contributed by atoms with E-state index in [9.17, 15) is 9.90 Å². The lowest BCUT2D eigenvalue weighted by Gasteiger charge is -2.16. The van der Waals surface area contributed by atoms with E-state index in [0.717, 1.165) is 22.5 Å². The number of aromatic nitrogens is 3. The second-order valence-electron chi connectivity index (χ2n) is 6.14. The maximum Gasteiger partial charge on any atom is 0.331 e. The Balaban J connectivity index is 1.80. The Labute approximate surface area is 150 Å². The van der Waals surface area contributed by atoms with Crippen LogP contribution in [0.25, 0.3) is 16.9 Å². The number of hydrogen-bond acceptors (Lipinski definition) is 3. The van der Waals surface area contributed by atoms with Gasteiger partial charge in [-0.15, -0.1) is 0 Å². The summed E-state index contributed by atoms with van der Waals surface area (Å²) in [6.07, 6.45) is 11.4. The van der Waals surface area contributed by atoms with E-state index in [2.05, 4.69) is 4.98 Å². The lowest BCUT2D eigenvalue weighted by atomic mass is 9.87. The molecule has 128 valence electrons. The van der Waals surface area contributed by atoms with Crippen molar-refractivity contribution in [1.82, 2.24) is 14.8 Å². The largest absolute Gasteiger partial charge is 0.478 e. The van der Waals surface area contributed by atoms with Crippen LogP contribution < -0.4 is 0 Å². The quantitative estimate of drug-likeness (QED) is 0.778. The molecule has 5 heteroatoms. The molecule has 26 heavy (non-hydrogen) atoms. The van der Waals surface area contributed by atoms with E-state index in [-0.39, 0.29) is 5.92 Å². The number of allylic oxidation sites excluding steroid dienone is 3. The second kappa shape index (κ2) is 6.80. The summed E-state index contributed by atoms with van der Waals surface area (Å²) in [5.41, 5.74) is 4.18. The van der Waals surface area contributed by atoms with E-state index in [0.29, 0.717) is 12.0 Å². The van der Waals surface area contributed by atoms with Gasteiger partial charge >= 0.3 is 5.97 Å². The molecule has 1 atom stereocenters. The van der Waals surface area contributed by atoms with Crippen LogP contribution >= 0.6 is 0 Å². The van der Waals surface area contributed by atoms with Gasteiger partial charge in [-0.1, -0.05) is 36.4 Å². The van der Waals surface area contributed by atoms with Crippen molar-refractivity contribution in [3.8, 4) is 16.9 Å². The Kier molecular flexibility index (Phi) is 4.19. The van der Waals surface area contributed by atoms with E-state index in [1.54, 1.807) is 18.5 Å². The van der Waals surface area contributed by atoms with E-state index in [1.807, 2.05) is 65.5 Å². The summed E-state index contributed by atoms with van der Waals surface area (Å²) in [4.78, 5) is 15.5. The molecule has 0 saturated carbocycles. The monoisotopic (exact) mass is 343 g/mol. The van der Waals surface area contributed by atoms with Gasteiger partial charge in [0.15, 0.2) is 0 Å². The first-order valence-electron chi connectivity index (χ1n) is 8.38. The topological polar surface area (TPSA) is 68.0 Å². The molecule has 0 aliphatic heterocycles. The number of pyridine rings is 1. The minimum atomic E-state index is -0.875. The first kappa shape index (κ1) is 16.0. The second-order valence-corrected chi connectivity index (χ2v) is 6.14. The van der Waals surface area contributed by atoms with Crippen LogP contribution in [0.1, 0.15) is 17.9 Å². The van der Waals surface area contributed by atoms with E-state index in [1.165, 1.54) is 0 Å². The molecular weight excluding hydrogens is 326 g/mol. The van der Waals surface area contributed by atoms with Crippen molar-refractivity contribution in [2.75, 3.05) is 0 Å². The molecule has 1 aliphatic rings. The normalized spacial score (nSPS) is 16.3. The van der Waals surface area contributed by atoms with Crippen LogP contribution in [0.3, 0.4) is 0 Å². The van der Waals surface area contributed by atoms with Crippen LogP contribution in [0.4, 0.5) is 0 Å². The molecule has 4 rings (SSSR count). The maximum absolute atomic E-state index is 11.4. The highest BCUT2D eigenvalue weighted by molar-refractivity contribution is 5.87. The van der Waals surface area contributed by atoms with Gasteiger partial charge in [0.05, 0.1) is 11.4 Å². The molecule has 0 fully saturated rings. The molecule has 1 N–H and O–H groups in total. The SMILES string of the molecule is O=C(O)C1=CC=CC(c2cn(-c3ccccc3)nc2-c2ccncc2)C1. The summed E-state index contributed by atoms with van der Waals surface area (Å²) in [7, 11) is 0. The average molecular weight is 343 g/mol. The number of nitrogens with zero attached hydrogens (tertiary/aromatic N) is 3. The van der Waals surface area contributed by atoms with Gasteiger partial charge in [-0.25, -0.2) is 9.48 Å². The van der Waals surface area contributed by atoms with Crippen LogP contribution in [0.15, 0.2) is 84.9 Å². The summed E-state index contributed by atoms with van der Waals surface area (Å²) < 4.78 is 1.84. The molecule has 3 aromatic rings. The molecule has 0 amide bonds. The van der Waals surface area contributed by atoms with Gasteiger partial charge < -0.3 is 5.11 Å². The molecule has 1 aliphatic carbocycles. The lowest BCUT2D eigenvalue weighted by molar-refractivity contribution is -0.132. The number of carbonyl (C=O) groups is 1. The predicted octanol–water partition coefficient (Wildman–Crippen LogP) is 3.99. The van der Waals surface area contributed by atoms with Crippen molar-refractivity contribution < 1.29 is 9.90 Å². The van der Waals surface area contributed by atoms with E-state index in [4.69, 9.17) is 5.10 Å². The number of aliphatic carboxylic acids is 1. The Hall–Kier alpha value is -3.47. The van der Waals surface area contributed by atoms with Gasteiger partial charge in [0.2, 0.25) is 0 Å². The lowest BCUT2D eigenvalue weighted by Crippen LogP contribution is -2.08. The molecule has 0 saturated heterocycles. The summed E-state index contributed by atoms with van der Waals surface area (Å²) >= 11 is 0. The summed E-state index contributed by atoms with van der Waals surface area (Å²) in [5.74, 6) is -0.910. The maximum atomic E-state index is 11.4. The number of hydrogen-bond donors (Lipinski definition) is 1. The molecule has 2 heterocycles. The van der Waals surface area contributed by atoms with Crippen molar-refractivity contribution in [3.05, 3.63) is 90.4 Å². The van der Waals surface area contributed by atoms with Crippen LogP contribution in [0, 0.1) is 0 Å². The van der Waals surface area contributed by atoms with Gasteiger partial charge in [-0.3, -0.25) is 4.98 Å². The van der Waals surface area contributed by atoms with Crippen LogP contribution in [-0.2, 0) is 4.79 Å². The molecule has 0 bridgehead atoms. The molecule has 2 aromatic heterocycles. The number of carboxylic acids is 1. The highest BCUT2D eigenvalue weighted by Gasteiger charge is 2.23. The Morgan fingerprint density at radius 3 is 2.62 bits per heavy atom. The van der Waals surface area contributed by atoms with Gasteiger partial charge in [-0.2, -0.15) is 5.10 Å². The van der Waals surface area contributed by atoms with Crippen LogP contribution in [-0.4, -0.2) is 25.8 Å². The van der Waals surface area contributed by atoms with Gasteiger partial charge in [0, 0.05) is 41.2 Å². The third-order valence-electron chi connectivity index (χ3n) is 4.47. The molecule has 5 nitrogen and oxygen atoms in total. The smallest absolute Gasteiger partial charge is 0.331 e. The first-order chi connectivity index (χ1) is 12.7. The Bertz CT molecular complexity index is 989. The number of para-hydroxylation sites is 1. The number of carboxylic acid groups (broad SMARTS) is 1. The van der Waals surface area contributed by atoms with Gasteiger partial charge in [0.25, 0.3) is 0 Å². The summed E-state index contributed by atoms with van der Waals surface area (Å²) in [6.45, 7) is 0. The molecule has 1 unspecified atom stereocenters. The van der Waals surface area contributed by atoms with Crippen molar-refractivity contribution in [2.24, 2.45) is 0 Å². The van der Waals surface area contributed by atoms with E-state index < -0.39 is 5.97 Å². The predicted molar refractivity (Wildman–Crippen MR) is 99.0 cm³/mol. The fourth-order valence-electron chi connectivity index (χ4n) is 3.16. The third-order valence-corrected chi connectivity index (χ3v) is 4.47. The average Bonchev–Trinajstić information content (AvgIpc) is 3.15. The first-order valence-corrected chi connectivity index (χ1v) is 8.38. The zero-order valence-corrected chi connectivity index (χ0v) is 14.0. The standard InChI is InChI=1S/C21H17N3O2/c25-21(26)17-6-4-5-16(13-17)19-14-24(18-7-2-1-3-8-18)23-20(19)15-9-11-22-12-10-15/h1-12,14,16H,13H2,(H,25,26). The van der Waals surface area contributed by atoms with E-state index >= 15 is 0 Å². The van der Waals surface area contributed by atoms with Crippen molar-refractivity contribution in [2.45, 2.75) is 12.3 Å². The van der Waals surface area contributed by atoms with Gasteiger partial charge in [-0.05, 0) is 30.7 Å². The number of rotatable bonds is 4. The molecular formula is C21H17N3O2. The Morgan fingerprint density at radius 2 is 1.88 bits per heavy atom. The van der Waals surface area contributed by atoms with Crippen molar-refractivity contribution in [3.63, 3.8) is 0 Å². The molecule has 0 radical (unpaired) electrons. The van der Waals surface area contributed by atoms with Gasteiger partial charge in [0.1, 0.15) is 0 Å². The fourth-order valence-corrected chi connectivity index (χ4v) is 3.16. The van der Waals surface area contributed by atoms with Crippen LogP contribution in [0.2, 0.25) is 0 Å². The fraction of sp³-hybridized carbons (Fsp3) is 0.0952. The van der Waals surface area contributed by atoms with Crippen molar-refractivity contribution >= 4 is 5.97 Å². The number of benzene rings is 1.